The van der Waals surface area contributed by atoms with Crippen molar-refractivity contribution in [2.24, 2.45) is 0 Å². The highest BCUT2D eigenvalue weighted by Gasteiger charge is 2.19. The number of rotatable bonds is 6. The second kappa shape index (κ2) is 8.15. The molecule has 2 aromatic rings. The predicted octanol–water partition coefficient (Wildman–Crippen LogP) is 3.47. The molecule has 0 bridgehead atoms. The molecule has 0 spiro atoms. The monoisotopic (exact) mass is 326 g/mol. The van der Waals surface area contributed by atoms with E-state index in [4.69, 9.17) is 4.74 Å². The van der Waals surface area contributed by atoms with Gasteiger partial charge in [-0.3, -0.25) is 14.5 Å². The van der Waals surface area contributed by atoms with Crippen molar-refractivity contribution in [1.29, 1.82) is 0 Å². The largest absolute Gasteiger partial charge is 0.489 e. The number of hydrogen-bond acceptors (Lipinski definition) is 3. The van der Waals surface area contributed by atoms with Crippen molar-refractivity contribution in [3.05, 3.63) is 54.6 Å². The Kier molecular flexibility index (Phi) is 5.95. The summed E-state index contributed by atoms with van der Waals surface area (Å²) in [5, 5.41) is 2.78. The van der Waals surface area contributed by atoms with Gasteiger partial charge in [0.15, 0.2) is 0 Å². The van der Waals surface area contributed by atoms with E-state index in [0.29, 0.717) is 17.1 Å². The first-order chi connectivity index (χ1) is 11.5. The van der Waals surface area contributed by atoms with E-state index in [1.165, 1.54) is 11.8 Å². The number of amides is 2. The molecular formula is C19H22N2O3. The van der Waals surface area contributed by atoms with Crippen LogP contribution in [0.1, 0.15) is 20.8 Å². The Labute approximate surface area is 142 Å². The first-order valence-electron chi connectivity index (χ1n) is 7.86. The SMILES string of the molecule is CC(=O)N(CC(=O)Nc1ccccc1)c1ccccc1OC(C)C. The second-order valence-electron chi connectivity index (χ2n) is 5.65. The normalized spacial score (nSPS) is 10.3. The Morgan fingerprint density at radius 1 is 1.04 bits per heavy atom. The molecular weight excluding hydrogens is 304 g/mol. The molecule has 2 rings (SSSR count). The van der Waals surface area contributed by atoms with Crippen LogP contribution in [0, 0.1) is 0 Å². The van der Waals surface area contributed by atoms with E-state index in [2.05, 4.69) is 5.32 Å². The summed E-state index contributed by atoms with van der Waals surface area (Å²) in [6.45, 7) is 5.18. The van der Waals surface area contributed by atoms with Crippen molar-refractivity contribution in [3.8, 4) is 5.75 Å². The summed E-state index contributed by atoms with van der Waals surface area (Å²) >= 11 is 0. The first kappa shape index (κ1) is 17.5. The molecule has 0 saturated carbocycles. The third-order valence-electron chi connectivity index (χ3n) is 3.26. The van der Waals surface area contributed by atoms with Gasteiger partial charge >= 0.3 is 0 Å². The minimum Gasteiger partial charge on any atom is -0.489 e. The minimum atomic E-state index is -0.268. The summed E-state index contributed by atoms with van der Waals surface area (Å²) in [4.78, 5) is 25.8. The highest BCUT2D eigenvalue weighted by molar-refractivity contribution is 6.02. The summed E-state index contributed by atoms with van der Waals surface area (Å²) in [7, 11) is 0. The van der Waals surface area contributed by atoms with Gasteiger partial charge in [-0.25, -0.2) is 0 Å². The van der Waals surface area contributed by atoms with Crippen LogP contribution in [0.4, 0.5) is 11.4 Å². The van der Waals surface area contributed by atoms with Crippen LogP contribution >= 0.6 is 0 Å². The number of nitrogens with zero attached hydrogens (tertiary/aromatic N) is 1. The van der Waals surface area contributed by atoms with Crippen molar-refractivity contribution in [2.75, 3.05) is 16.8 Å². The topological polar surface area (TPSA) is 58.6 Å². The van der Waals surface area contributed by atoms with Gasteiger partial charge in [-0.05, 0) is 38.1 Å². The maximum absolute atomic E-state index is 12.3. The summed E-state index contributed by atoms with van der Waals surface area (Å²) < 4.78 is 5.75. The number of para-hydroxylation sites is 3. The van der Waals surface area contributed by atoms with E-state index < -0.39 is 0 Å². The van der Waals surface area contributed by atoms with Crippen LogP contribution in [0.25, 0.3) is 0 Å². The third-order valence-corrected chi connectivity index (χ3v) is 3.26. The van der Waals surface area contributed by atoms with Crippen LogP contribution in [-0.4, -0.2) is 24.5 Å². The van der Waals surface area contributed by atoms with Crippen LogP contribution in [0.5, 0.6) is 5.75 Å². The molecule has 0 heterocycles. The molecule has 0 aromatic heterocycles. The zero-order valence-corrected chi connectivity index (χ0v) is 14.2. The molecule has 2 aromatic carbocycles. The maximum Gasteiger partial charge on any atom is 0.244 e. The van der Waals surface area contributed by atoms with E-state index >= 15 is 0 Å². The molecule has 2 amide bonds. The lowest BCUT2D eigenvalue weighted by Gasteiger charge is -2.24. The van der Waals surface area contributed by atoms with Gasteiger partial charge in [0.2, 0.25) is 11.8 Å². The van der Waals surface area contributed by atoms with Crippen molar-refractivity contribution < 1.29 is 14.3 Å². The molecule has 0 unspecified atom stereocenters. The average molecular weight is 326 g/mol. The average Bonchev–Trinajstić information content (AvgIpc) is 2.53. The molecule has 0 saturated heterocycles. The van der Waals surface area contributed by atoms with Crippen LogP contribution in [0.3, 0.4) is 0 Å². The fourth-order valence-electron chi connectivity index (χ4n) is 2.27. The smallest absolute Gasteiger partial charge is 0.244 e. The molecule has 0 fully saturated rings. The molecule has 1 N–H and O–H groups in total. The van der Waals surface area contributed by atoms with Crippen molar-refractivity contribution in [2.45, 2.75) is 26.9 Å². The Hall–Kier alpha value is -2.82. The molecule has 0 aliphatic heterocycles. The highest BCUT2D eigenvalue weighted by Crippen LogP contribution is 2.29. The number of carbonyl (C=O) groups is 2. The van der Waals surface area contributed by atoms with Gasteiger partial charge in [-0.2, -0.15) is 0 Å². The van der Waals surface area contributed by atoms with Gasteiger partial charge in [0.1, 0.15) is 12.3 Å². The fraction of sp³-hybridized carbons (Fsp3) is 0.263. The molecule has 5 nitrogen and oxygen atoms in total. The van der Waals surface area contributed by atoms with Gasteiger partial charge in [-0.15, -0.1) is 0 Å². The van der Waals surface area contributed by atoms with Crippen LogP contribution in [-0.2, 0) is 9.59 Å². The van der Waals surface area contributed by atoms with Crippen LogP contribution in [0.2, 0.25) is 0 Å². The zero-order valence-electron chi connectivity index (χ0n) is 14.2. The van der Waals surface area contributed by atoms with Gasteiger partial charge < -0.3 is 10.1 Å². The number of carbonyl (C=O) groups excluding carboxylic acids is 2. The summed E-state index contributed by atoms with van der Waals surface area (Å²) in [6, 6.07) is 16.4. The van der Waals surface area contributed by atoms with Gasteiger partial charge in [-0.1, -0.05) is 30.3 Å². The number of nitrogens with one attached hydrogen (secondary N) is 1. The summed E-state index contributed by atoms with van der Waals surface area (Å²) in [5.41, 5.74) is 1.28. The van der Waals surface area contributed by atoms with E-state index in [-0.39, 0.29) is 24.5 Å². The summed E-state index contributed by atoms with van der Waals surface area (Å²) in [6.07, 6.45) is -0.0295. The quantitative estimate of drug-likeness (QED) is 0.884. The first-order valence-corrected chi connectivity index (χ1v) is 7.86. The minimum absolute atomic E-state index is 0.0295. The van der Waals surface area contributed by atoms with Crippen LogP contribution < -0.4 is 15.0 Å². The zero-order chi connectivity index (χ0) is 17.5. The van der Waals surface area contributed by atoms with Crippen LogP contribution in [0.15, 0.2) is 54.6 Å². The number of ether oxygens (including phenoxy) is 1. The Bertz CT molecular complexity index is 699. The van der Waals surface area contributed by atoms with Gasteiger partial charge in [0.25, 0.3) is 0 Å². The lowest BCUT2D eigenvalue weighted by molar-refractivity contribution is -0.120. The molecule has 5 heteroatoms. The number of anilines is 2. The maximum atomic E-state index is 12.3. The molecule has 0 radical (unpaired) electrons. The van der Waals surface area contributed by atoms with E-state index in [9.17, 15) is 9.59 Å². The van der Waals surface area contributed by atoms with Crippen molar-refractivity contribution >= 4 is 23.2 Å². The number of hydrogen-bond donors (Lipinski definition) is 1. The summed E-state index contributed by atoms with van der Waals surface area (Å²) in [5.74, 6) is 0.0870. The third kappa shape index (κ3) is 4.84. The lowest BCUT2D eigenvalue weighted by atomic mass is 10.2. The highest BCUT2D eigenvalue weighted by atomic mass is 16.5. The fourth-order valence-corrected chi connectivity index (χ4v) is 2.27. The molecule has 24 heavy (non-hydrogen) atoms. The standard InChI is InChI=1S/C19H22N2O3/c1-14(2)24-18-12-8-7-11-17(18)21(15(3)22)13-19(23)20-16-9-5-4-6-10-16/h4-12,14H,13H2,1-3H3,(H,20,23). The molecule has 0 aliphatic rings. The Morgan fingerprint density at radius 3 is 2.29 bits per heavy atom. The molecule has 126 valence electrons. The molecule has 0 aliphatic carbocycles. The number of benzene rings is 2. The Balaban J connectivity index is 2.18. The van der Waals surface area contributed by atoms with Crippen molar-refractivity contribution in [3.63, 3.8) is 0 Å². The molecule has 0 atom stereocenters. The van der Waals surface area contributed by atoms with Crippen molar-refractivity contribution in [1.82, 2.24) is 0 Å². The van der Waals surface area contributed by atoms with E-state index in [1.54, 1.807) is 24.3 Å². The van der Waals surface area contributed by atoms with E-state index in [1.807, 2.05) is 44.2 Å². The lowest BCUT2D eigenvalue weighted by Crippen LogP contribution is -2.37. The van der Waals surface area contributed by atoms with Gasteiger partial charge in [0.05, 0.1) is 11.8 Å². The Morgan fingerprint density at radius 2 is 1.67 bits per heavy atom. The predicted molar refractivity (Wildman–Crippen MR) is 95.3 cm³/mol. The second-order valence-corrected chi connectivity index (χ2v) is 5.65. The van der Waals surface area contributed by atoms with E-state index in [0.717, 1.165) is 0 Å². The van der Waals surface area contributed by atoms with Gasteiger partial charge in [0, 0.05) is 12.6 Å².